The number of unbranched alkanes of at least 4 members (excludes halogenated alkanes) is 1. The summed E-state index contributed by atoms with van der Waals surface area (Å²) in [5.74, 6) is -0.0284. The Balaban J connectivity index is 1.81. The van der Waals surface area contributed by atoms with Gasteiger partial charge in [-0.2, -0.15) is 0 Å². The van der Waals surface area contributed by atoms with E-state index in [1.807, 2.05) is 42.5 Å². The molecule has 182 valence electrons. The molecule has 0 radical (unpaired) electrons. The van der Waals surface area contributed by atoms with Crippen LogP contribution in [0.4, 0.5) is 0 Å². The predicted octanol–water partition coefficient (Wildman–Crippen LogP) is 4.25. The first-order valence-corrected chi connectivity index (χ1v) is 12.2. The summed E-state index contributed by atoms with van der Waals surface area (Å²) in [7, 11) is 1.60. The van der Waals surface area contributed by atoms with E-state index >= 15 is 0 Å². The number of aromatic amines is 1. The molecule has 9 heteroatoms. The number of fused-ring (bicyclic) bond motifs is 2. The van der Waals surface area contributed by atoms with Crippen molar-refractivity contribution in [1.82, 2.24) is 9.97 Å². The number of aromatic nitrogens is 2. The van der Waals surface area contributed by atoms with Gasteiger partial charge in [-0.25, -0.2) is 14.7 Å². The largest absolute Gasteiger partial charge is 0.497 e. The van der Waals surface area contributed by atoms with Crippen LogP contribution >= 0.6 is 11.3 Å². The van der Waals surface area contributed by atoms with Crippen LogP contribution in [0.15, 0.2) is 42.5 Å². The van der Waals surface area contributed by atoms with Crippen LogP contribution in [-0.2, 0) is 14.3 Å². The molecular formula is C27H24N4O4S. The first-order chi connectivity index (χ1) is 17.6. The summed E-state index contributed by atoms with van der Waals surface area (Å²) in [6, 6.07) is 12.9. The number of benzene rings is 2. The van der Waals surface area contributed by atoms with Crippen molar-refractivity contribution in [3.05, 3.63) is 81.0 Å². The van der Waals surface area contributed by atoms with Gasteiger partial charge in [0.1, 0.15) is 17.4 Å². The van der Waals surface area contributed by atoms with E-state index in [-0.39, 0.29) is 18.9 Å². The third-order valence-electron chi connectivity index (χ3n) is 5.51. The van der Waals surface area contributed by atoms with Gasteiger partial charge in [-0.3, -0.25) is 4.79 Å². The molecule has 1 N–H and O–H groups in total. The fourth-order valence-electron chi connectivity index (χ4n) is 3.71. The van der Waals surface area contributed by atoms with Crippen LogP contribution in [0, 0.1) is 13.1 Å². The van der Waals surface area contributed by atoms with Crippen molar-refractivity contribution in [2.24, 2.45) is 0 Å². The number of hydrogen-bond donors (Lipinski definition) is 1. The van der Waals surface area contributed by atoms with Crippen LogP contribution in [-0.4, -0.2) is 42.9 Å². The molecule has 8 nitrogen and oxygen atoms in total. The zero-order valence-electron chi connectivity index (χ0n) is 20.0. The van der Waals surface area contributed by atoms with Crippen LogP contribution in [0.25, 0.3) is 42.1 Å². The molecular weight excluding hydrogens is 476 g/mol. The fraction of sp³-hybridized carbons (Fsp3) is 0.259. The highest BCUT2D eigenvalue weighted by molar-refractivity contribution is 7.19. The Bertz CT molecular complexity index is 1620. The van der Waals surface area contributed by atoms with Crippen molar-refractivity contribution in [3.8, 4) is 5.75 Å². The molecule has 0 bridgehead atoms. The standard InChI is InChI=1S/C27H24N4O4S/c1-5-6-13-34-14-15-35-27(32)25(29-3)23-19-10-8-7-9-18(19)22(31-23)24(28-2)26-30-20-12-11-17(33-4)16-21(20)36-26/h7-12,16,31H,5-6,13-15H2,1,4H3. The van der Waals surface area contributed by atoms with E-state index in [1.165, 1.54) is 11.3 Å². The van der Waals surface area contributed by atoms with Gasteiger partial charge in [0.2, 0.25) is 5.70 Å². The number of H-pyrrole nitrogens is 1. The average molecular weight is 501 g/mol. The third kappa shape index (κ3) is 5.08. The van der Waals surface area contributed by atoms with Gasteiger partial charge >= 0.3 is 5.97 Å². The lowest BCUT2D eigenvalue weighted by Gasteiger charge is -2.05. The van der Waals surface area contributed by atoms with Gasteiger partial charge in [-0.15, -0.1) is 11.3 Å². The number of thiazole rings is 1. The Morgan fingerprint density at radius 3 is 2.53 bits per heavy atom. The molecule has 4 aromatic rings. The Morgan fingerprint density at radius 2 is 1.83 bits per heavy atom. The van der Waals surface area contributed by atoms with E-state index < -0.39 is 5.97 Å². The molecule has 2 aromatic heterocycles. The van der Waals surface area contributed by atoms with Crippen molar-refractivity contribution in [1.29, 1.82) is 0 Å². The summed E-state index contributed by atoms with van der Waals surface area (Å²) in [5.41, 5.74) is 0.884. The highest BCUT2D eigenvalue weighted by Crippen LogP contribution is 2.29. The van der Waals surface area contributed by atoms with Gasteiger partial charge in [-0.1, -0.05) is 37.6 Å². The molecule has 36 heavy (non-hydrogen) atoms. The Kier molecular flexibility index (Phi) is 7.96. The molecule has 0 aliphatic carbocycles. The number of methoxy groups -OCH3 is 1. The Morgan fingerprint density at radius 1 is 1.06 bits per heavy atom. The first-order valence-electron chi connectivity index (χ1n) is 11.4. The van der Waals surface area contributed by atoms with E-state index in [4.69, 9.17) is 27.4 Å². The Hall–Kier alpha value is -4.18. The third-order valence-corrected chi connectivity index (χ3v) is 6.53. The topological polar surface area (TPSA) is 82.2 Å². The van der Waals surface area contributed by atoms with Gasteiger partial charge in [0.05, 0.1) is 47.8 Å². The first kappa shape index (κ1) is 24.9. The van der Waals surface area contributed by atoms with Crippen LogP contribution < -0.4 is 15.4 Å². The average Bonchev–Trinajstić information content (AvgIpc) is 3.49. The van der Waals surface area contributed by atoms with Crippen molar-refractivity contribution in [2.45, 2.75) is 19.8 Å². The normalized spacial score (nSPS) is 12.7. The number of carbonyl (C=O) groups excluding carboxylic acids is 1. The van der Waals surface area contributed by atoms with Crippen molar-refractivity contribution >= 4 is 49.7 Å². The monoisotopic (exact) mass is 500 g/mol. The molecule has 0 aliphatic heterocycles. The van der Waals surface area contributed by atoms with Gasteiger partial charge in [-0.05, 0) is 35.4 Å². The molecule has 0 fully saturated rings. The van der Waals surface area contributed by atoms with Crippen LogP contribution in [0.3, 0.4) is 0 Å². The highest BCUT2D eigenvalue weighted by atomic mass is 32.1. The summed E-state index contributed by atoms with van der Waals surface area (Å²) in [4.78, 5) is 27.8. The minimum absolute atomic E-state index is 0.0572. The fourth-order valence-corrected chi connectivity index (χ4v) is 4.70. The molecule has 0 spiro atoms. The minimum Gasteiger partial charge on any atom is -0.497 e. The Labute approximate surface area is 212 Å². The molecule has 4 rings (SSSR count). The maximum absolute atomic E-state index is 12.8. The second kappa shape index (κ2) is 11.5. The van der Waals surface area contributed by atoms with Crippen LogP contribution in [0.2, 0.25) is 0 Å². The SMILES string of the molecule is [C-]#[N+]C(C(=O)OCCOCCCC)=c1[nH]c(=C([N+]#[C-])c2nc3ccc(OC)cc3s2)c2ccccc12. The molecule has 2 aromatic carbocycles. The summed E-state index contributed by atoms with van der Waals surface area (Å²) in [6.07, 6.45) is 1.96. The molecule has 0 saturated heterocycles. The number of esters is 1. The summed E-state index contributed by atoms with van der Waals surface area (Å²) < 4.78 is 16.9. The van der Waals surface area contributed by atoms with Crippen LogP contribution in [0.5, 0.6) is 5.75 Å². The zero-order chi connectivity index (χ0) is 25.5. The lowest BCUT2D eigenvalue weighted by atomic mass is 10.2. The van der Waals surface area contributed by atoms with Crippen molar-refractivity contribution in [2.75, 3.05) is 26.9 Å². The van der Waals surface area contributed by atoms with Gasteiger partial charge in [0, 0.05) is 6.61 Å². The van der Waals surface area contributed by atoms with Gasteiger partial charge in [0.25, 0.3) is 5.70 Å². The minimum atomic E-state index is -0.737. The molecule has 0 aliphatic rings. The molecule has 2 heterocycles. The van der Waals surface area contributed by atoms with Crippen molar-refractivity contribution in [3.63, 3.8) is 0 Å². The number of rotatable bonds is 9. The van der Waals surface area contributed by atoms with Crippen LogP contribution in [0.1, 0.15) is 24.8 Å². The molecule has 0 unspecified atom stereocenters. The number of nitrogens with zero attached hydrogens (tertiary/aromatic N) is 3. The number of hydrogen-bond acceptors (Lipinski definition) is 6. The van der Waals surface area contributed by atoms with E-state index in [0.29, 0.717) is 44.5 Å². The molecule has 0 saturated carbocycles. The van der Waals surface area contributed by atoms with Gasteiger partial charge in [0.15, 0.2) is 0 Å². The smallest absolute Gasteiger partial charge is 0.338 e. The highest BCUT2D eigenvalue weighted by Gasteiger charge is 2.18. The molecule has 0 amide bonds. The lowest BCUT2D eigenvalue weighted by Crippen LogP contribution is -2.20. The maximum Gasteiger partial charge on any atom is 0.338 e. The zero-order valence-corrected chi connectivity index (χ0v) is 20.8. The van der Waals surface area contributed by atoms with Crippen molar-refractivity contribution < 1.29 is 19.0 Å². The second-order valence-corrected chi connectivity index (χ2v) is 8.83. The quantitative estimate of drug-likeness (QED) is 0.211. The summed E-state index contributed by atoms with van der Waals surface area (Å²) in [6.45, 7) is 18.6. The van der Waals surface area contributed by atoms with Gasteiger partial charge < -0.3 is 19.2 Å². The van der Waals surface area contributed by atoms with E-state index in [0.717, 1.165) is 23.1 Å². The maximum atomic E-state index is 12.8. The van der Waals surface area contributed by atoms with E-state index in [9.17, 15) is 4.79 Å². The second-order valence-electron chi connectivity index (χ2n) is 7.80. The molecule has 0 atom stereocenters. The summed E-state index contributed by atoms with van der Waals surface area (Å²) in [5, 5.41) is 2.71. The van der Waals surface area contributed by atoms with E-state index in [2.05, 4.69) is 26.6 Å². The predicted molar refractivity (Wildman–Crippen MR) is 140 cm³/mol. The number of nitrogens with one attached hydrogen (secondary N) is 1. The number of ether oxygens (including phenoxy) is 3. The summed E-state index contributed by atoms with van der Waals surface area (Å²) >= 11 is 1.38. The number of carbonyl (C=O) groups is 1. The lowest BCUT2D eigenvalue weighted by molar-refractivity contribution is -0.138. The van der Waals surface area contributed by atoms with E-state index in [1.54, 1.807) is 7.11 Å².